The first-order valence-corrected chi connectivity index (χ1v) is 8.90. The van der Waals surface area contributed by atoms with Crippen molar-refractivity contribution in [2.75, 3.05) is 19.4 Å². The first kappa shape index (κ1) is 13.8. The quantitative estimate of drug-likeness (QED) is 0.602. The molecule has 0 aromatic carbocycles. The maximum Gasteiger partial charge on any atom is 0.331 e. The van der Waals surface area contributed by atoms with Crippen LogP contribution < -0.4 is 0 Å². The molecule has 0 aromatic heterocycles. The molecule has 0 bridgehead atoms. The van der Waals surface area contributed by atoms with Crippen molar-refractivity contribution < 1.29 is 18.7 Å². The molecule has 0 spiro atoms. The maximum atomic E-state index is 12.7. The average molecular weight is 286 g/mol. The van der Waals surface area contributed by atoms with E-state index in [1.165, 1.54) is 0 Å². The summed E-state index contributed by atoms with van der Waals surface area (Å²) in [7, 11) is -3.10. The predicted molar refractivity (Wildman–Crippen MR) is 73.0 cm³/mol. The SMILES string of the molecule is CCOP(=O)(CC12C=CC1C1CC1(C)C2O)OCC. The second kappa shape index (κ2) is 4.17. The monoisotopic (exact) mass is 286 g/mol. The summed E-state index contributed by atoms with van der Waals surface area (Å²) in [6.07, 6.45) is 5.17. The second-order valence-electron chi connectivity index (χ2n) is 6.32. The standard InChI is InChI=1S/C14H23O4P/c1-4-17-19(16,18-5-2)9-14-7-6-10(14)11-8-13(11,3)12(14)15/h6-7,10-12,15H,4-5,8-9H2,1-3H3. The zero-order valence-electron chi connectivity index (χ0n) is 11.8. The number of hydrogen-bond donors (Lipinski definition) is 1. The van der Waals surface area contributed by atoms with E-state index in [4.69, 9.17) is 9.05 Å². The topological polar surface area (TPSA) is 55.8 Å². The van der Waals surface area contributed by atoms with E-state index in [0.717, 1.165) is 6.42 Å². The highest BCUT2D eigenvalue weighted by Gasteiger charge is 2.75. The Morgan fingerprint density at radius 1 is 1.37 bits per heavy atom. The van der Waals surface area contributed by atoms with Crippen LogP contribution in [0.4, 0.5) is 0 Å². The highest BCUT2D eigenvalue weighted by Crippen LogP contribution is 2.77. The van der Waals surface area contributed by atoms with Crippen molar-refractivity contribution in [1.82, 2.24) is 0 Å². The molecule has 5 unspecified atom stereocenters. The molecule has 0 saturated heterocycles. The Bertz CT molecular complexity index is 452. The maximum absolute atomic E-state index is 12.7. The predicted octanol–water partition coefficient (Wildman–Crippen LogP) is 2.83. The molecule has 2 saturated carbocycles. The van der Waals surface area contributed by atoms with Crippen LogP contribution in [0.5, 0.6) is 0 Å². The first-order valence-electron chi connectivity index (χ1n) is 7.17. The normalized spacial score (nSPS) is 46.6. The van der Waals surface area contributed by atoms with Crippen molar-refractivity contribution in [3.8, 4) is 0 Å². The summed E-state index contributed by atoms with van der Waals surface area (Å²) in [5, 5.41) is 10.7. The lowest BCUT2D eigenvalue weighted by molar-refractivity contribution is 0.0173. The molecule has 5 atom stereocenters. The molecule has 0 radical (unpaired) electrons. The average Bonchev–Trinajstić information content (AvgIpc) is 2.94. The molecule has 1 N–H and O–H groups in total. The number of rotatable bonds is 6. The molecule has 19 heavy (non-hydrogen) atoms. The molecule has 5 heteroatoms. The van der Waals surface area contributed by atoms with Gasteiger partial charge in [-0.05, 0) is 37.5 Å². The van der Waals surface area contributed by atoms with Crippen LogP contribution in [0.3, 0.4) is 0 Å². The van der Waals surface area contributed by atoms with Gasteiger partial charge in [-0.3, -0.25) is 4.57 Å². The largest absolute Gasteiger partial charge is 0.392 e. The van der Waals surface area contributed by atoms with E-state index < -0.39 is 13.7 Å². The molecule has 108 valence electrons. The lowest BCUT2D eigenvalue weighted by Gasteiger charge is -2.45. The Labute approximate surface area is 114 Å². The number of aliphatic hydroxyl groups is 1. The minimum Gasteiger partial charge on any atom is -0.392 e. The molecule has 4 nitrogen and oxygen atoms in total. The molecule has 0 heterocycles. The molecule has 0 aromatic rings. The van der Waals surface area contributed by atoms with Crippen molar-refractivity contribution in [2.24, 2.45) is 22.7 Å². The van der Waals surface area contributed by atoms with E-state index in [0.29, 0.717) is 31.2 Å². The highest BCUT2D eigenvalue weighted by atomic mass is 31.2. The van der Waals surface area contributed by atoms with Crippen molar-refractivity contribution in [1.29, 1.82) is 0 Å². The van der Waals surface area contributed by atoms with Crippen LogP contribution in [0, 0.1) is 22.7 Å². The van der Waals surface area contributed by atoms with E-state index in [1.807, 2.05) is 19.9 Å². The summed E-state index contributed by atoms with van der Waals surface area (Å²) in [5.41, 5.74) is -0.366. The third-order valence-electron chi connectivity index (χ3n) is 5.27. The summed E-state index contributed by atoms with van der Waals surface area (Å²) >= 11 is 0. The van der Waals surface area contributed by atoms with Gasteiger partial charge in [0.25, 0.3) is 0 Å². The van der Waals surface area contributed by atoms with E-state index in [2.05, 4.69) is 13.0 Å². The van der Waals surface area contributed by atoms with E-state index in [1.54, 1.807) is 0 Å². The molecule has 3 rings (SSSR count). The number of fused-ring (bicyclic) bond motifs is 3. The fourth-order valence-electron chi connectivity index (χ4n) is 4.22. The van der Waals surface area contributed by atoms with Gasteiger partial charge in [0.2, 0.25) is 0 Å². The molecular formula is C14H23O4P. The van der Waals surface area contributed by atoms with Crippen LogP contribution >= 0.6 is 7.60 Å². The molecular weight excluding hydrogens is 263 g/mol. The van der Waals surface area contributed by atoms with Crippen LogP contribution in [0.25, 0.3) is 0 Å². The van der Waals surface area contributed by atoms with E-state index in [-0.39, 0.29) is 10.8 Å². The van der Waals surface area contributed by atoms with Gasteiger partial charge in [0.05, 0.1) is 25.5 Å². The lowest BCUT2D eigenvalue weighted by atomic mass is 9.66. The smallest absolute Gasteiger partial charge is 0.331 e. The fraction of sp³-hybridized carbons (Fsp3) is 0.857. The van der Waals surface area contributed by atoms with Gasteiger partial charge in [0.15, 0.2) is 0 Å². The summed E-state index contributed by atoms with van der Waals surface area (Å²) in [6, 6.07) is 0. The Balaban J connectivity index is 1.83. The molecule has 3 aliphatic carbocycles. The number of allylic oxidation sites excluding steroid dienone is 1. The summed E-state index contributed by atoms with van der Waals surface area (Å²) in [5.74, 6) is 0.894. The fourth-order valence-corrected chi connectivity index (χ4v) is 6.42. The van der Waals surface area contributed by atoms with E-state index >= 15 is 0 Å². The Morgan fingerprint density at radius 2 is 2.00 bits per heavy atom. The van der Waals surface area contributed by atoms with E-state index in [9.17, 15) is 9.67 Å². The van der Waals surface area contributed by atoms with Crippen molar-refractivity contribution in [3.05, 3.63) is 12.2 Å². The Hall–Kier alpha value is -0.150. The second-order valence-corrected chi connectivity index (χ2v) is 8.38. The lowest BCUT2D eigenvalue weighted by Crippen LogP contribution is -2.46. The summed E-state index contributed by atoms with van der Waals surface area (Å²) in [4.78, 5) is 0. The minimum absolute atomic E-state index is 0.0113. The molecule has 0 amide bonds. The van der Waals surface area contributed by atoms with Crippen LogP contribution in [-0.4, -0.2) is 30.6 Å². The van der Waals surface area contributed by atoms with Gasteiger partial charge in [0, 0.05) is 5.41 Å². The van der Waals surface area contributed by atoms with Crippen LogP contribution in [-0.2, 0) is 13.6 Å². The van der Waals surface area contributed by atoms with Crippen LogP contribution in [0.15, 0.2) is 12.2 Å². The highest BCUT2D eigenvalue weighted by molar-refractivity contribution is 7.53. The Kier molecular flexibility index (Phi) is 3.03. The molecule has 2 fully saturated rings. The minimum atomic E-state index is -3.10. The van der Waals surface area contributed by atoms with Crippen molar-refractivity contribution in [3.63, 3.8) is 0 Å². The van der Waals surface area contributed by atoms with Gasteiger partial charge in [0.1, 0.15) is 0 Å². The van der Waals surface area contributed by atoms with Gasteiger partial charge >= 0.3 is 7.60 Å². The van der Waals surface area contributed by atoms with Crippen LogP contribution in [0.2, 0.25) is 0 Å². The third kappa shape index (κ3) is 1.73. The van der Waals surface area contributed by atoms with Crippen LogP contribution in [0.1, 0.15) is 27.2 Å². The number of aliphatic hydroxyl groups excluding tert-OH is 1. The van der Waals surface area contributed by atoms with Gasteiger partial charge in [-0.1, -0.05) is 19.1 Å². The van der Waals surface area contributed by atoms with Crippen molar-refractivity contribution >= 4 is 7.60 Å². The zero-order chi connectivity index (χ0) is 13.9. The van der Waals surface area contributed by atoms with Gasteiger partial charge < -0.3 is 14.2 Å². The summed E-state index contributed by atoms with van der Waals surface area (Å²) < 4.78 is 23.5. The molecule has 0 aliphatic heterocycles. The Morgan fingerprint density at radius 3 is 2.42 bits per heavy atom. The molecule has 3 aliphatic rings. The first-order chi connectivity index (χ1) is 8.92. The third-order valence-corrected chi connectivity index (χ3v) is 7.51. The zero-order valence-corrected chi connectivity index (χ0v) is 12.7. The number of hydrogen-bond acceptors (Lipinski definition) is 4. The van der Waals surface area contributed by atoms with Crippen molar-refractivity contribution in [2.45, 2.75) is 33.3 Å². The summed E-state index contributed by atoms with van der Waals surface area (Å²) in [6.45, 7) is 6.52. The van der Waals surface area contributed by atoms with Gasteiger partial charge in [-0.2, -0.15) is 0 Å². The van der Waals surface area contributed by atoms with Gasteiger partial charge in [-0.15, -0.1) is 0 Å². The van der Waals surface area contributed by atoms with Gasteiger partial charge in [-0.25, -0.2) is 0 Å².